The molecule has 2 rings (SSSR count). The van der Waals surface area contributed by atoms with Gasteiger partial charge in [0.25, 0.3) is 0 Å². The Labute approximate surface area is 109 Å². The van der Waals surface area contributed by atoms with Crippen molar-refractivity contribution in [2.75, 3.05) is 0 Å². The van der Waals surface area contributed by atoms with E-state index < -0.39 is 5.97 Å². The number of thioether (sulfide) groups is 1. The van der Waals surface area contributed by atoms with Gasteiger partial charge in [0, 0.05) is 5.75 Å². The molecule has 0 spiro atoms. The van der Waals surface area contributed by atoms with Crippen LogP contribution >= 0.6 is 11.8 Å². The van der Waals surface area contributed by atoms with Crippen LogP contribution < -0.4 is 0 Å². The maximum Gasteiger partial charge on any atom is 0.356 e. The lowest BCUT2D eigenvalue weighted by molar-refractivity contribution is 0.0689. The zero-order valence-corrected chi connectivity index (χ0v) is 10.6. The highest BCUT2D eigenvalue weighted by molar-refractivity contribution is 7.98. The van der Waals surface area contributed by atoms with Crippen molar-refractivity contribution in [2.45, 2.75) is 17.7 Å². The number of aromatic nitrogens is 2. The molecule has 0 atom stereocenters. The van der Waals surface area contributed by atoms with E-state index in [1.165, 1.54) is 35.3 Å². The third-order valence-electron chi connectivity index (χ3n) is 2.32. The third-order valence-corrected chi connectivity index (χ3v) is 3.30. The number of aromatic carboxylic acids is 1. The highest BCUT2D eigenvalue weighted by Gasteiger charge is 2.05. The van der Waals surface area contributed by atoms with Gasteiger partial charge in [-0.25, -0.2) is 14.8 Å². The molecule has 0 aliphatic heterocycles. The van der Waals surface area contributed by atoms with Gasteiger partial charge in [-0.1, -0.05) is 29.8 Å². The van der Waals surface area contributed by atoms with E-state index in [-0.39, 0.29) is 5.69 Å². The molecule has 92 valence electrons. The summed E-state index contributed by atoms with van der Waals surface area (Å²) in [5.41, 5.74) is 2.40. The van der Waals surface area contributed by atoms with Crippen molar-refractivity contribution < 1.29 is 9.90 Å². The number of carboxylic acid groups (broad SMARTS) is 1. The summed E-state index contributed by atoms with van der Waals surface area (Å²) in [5, 5.41) is 9.43. The fourth-order valence-electron chi connectivity index (χ4n) is 1.46. The number of carboxylic acids is 1. The second-order valence-corrected chi connectivity index (χ2v) is 4.82. The van der Waals surface area contributed by atoms with Crippen LogP contribution in [-0.4, -0.2) is 21.0 Å². The molecule has 0 radical (unpaired) electrons. The minimum absolute atomic E-state index is 0.0325. The second-order valence-electron chi connectivity index (χ2n) is 3.82. The Morgan fingerprint density at radius 1 is 1.33 bits per heavy atom. The summed E-state index contributed by atoms with van der Waals surface area (Å²) >= 11 is 1.54. The van der Waals surface area contributed by atoms with Gasteiger partial charge in [-0.15, -0.1) is 11.8 Å². The van der Waals surface area contributed by atoms with Gasteiger partial charge in [-0.3, -0.25) is 0 Å². The topological polar surface area (TPSA) is 63.1 Å². The van der Waals surface area contributed by atoms with Gasteiger partial charge in [0.1, 0.15) is 5.03 Å². The largest absolute Gasteiger partial charge is 0.476 e. The van der Waals surface area contributed by atoms with Crippen molar-refractivity contribution in [3.8, 4) is 0 Å². The molecule has 18 heavy (non-hydrogen) atoms. The maximum absolute atomic E-state index is 10.6. The number of hydrogen-bond acceptors (Lipinski definition) is 4. The molecule has 5 heteroatoms. The van der Waals surface area contributed by atoms with Gasteiger partial charge < -0.3 is 5.11 Å². The highest BCUT2D eigenvalue weighted by Crippen LogP contribution is 2.20. The second kappa shape index (κ2) is 5.64. The summed E-state index contributed by atoms with van der Waals surface area (Å²) in [7, 11) is 0. The summed E-state index contributed by atoms with van der Waals surface area (Å²) in [6.45, 7) is 2.05. The van der Waals surface area contributed by atoms with E-state index in [4.69, 9.17) is 5.11 Å². The summed E-state index contributed by atoms with van der Waals surface area (Å²) in [5.74, 6) is -0.263. The highest BCUT2D eigenvalue weighted by atomic mass is 32.2. The molecular weight excluding hydrogens is 248 g/mol. The molecule has 1 N–H and O–H groups in total. The molecule has 1 heterocycles. The Morgan fingerprint density at radius 2 is 2.17 bits per heavy atom. The molecule has 0 fully saturated rings. The van der Waals surface area contributed by atoms with E-state index in [9.17, 15) is 4.79 Å². The van der Waals surface area contributed by atoms with Crippen LogP contribution in [0.5, 0.6) is 0 Å². The van der Waals surface area contributed by atoms with Crippen molar-refractivity contribution in [1.29, 1.82) is 0 Å². The number of benzene rings is 1. The Kier molecular flexibility index (Phi) is 3.94. The van der Waals surface area contributed by atoms with Gasteiger partial charge in [0.15, 0.2) is 5.69 Å². The van der Waals surface area contributed by atoms with E-state index in [1.807, 2.05) is 6.07 Å². The Hall–Kier alpha value is -1.88. The zero-order valence-electron chi connectivity index (χ0n) is 9.83. The Balaban J connectivity index is 2.00. The molecule has 0 unspecified atom stereocenters. The lowest BCUT2D eigenvalue weighted by Crippen LogP contribution is -2.00. The molecule has 0 saturated heterocycles. The average Bonchev–Trinajstić information content (AvgIpc) is 2.37. The molecule has 0 aliphatic rings. The first-order valence-electron chi connectivity index (χ1n) is 5.39. The van der Waals surface area contributed by atoms with Crippen LogP contribution in [0.25, 0.3) is 0 Å². The molecule has 4 nitrogen and oxygen atoms in total. The lowest BCUT2D eigenvalue weighted by Gasteiger charge is -2.02. The molecule has 0 aliphatic carbocycles. The monoisotopic (exact) mass is 260 g/mol. The number of aryl methyl sites for hydroxylation is 1. The van der Waals surface area contributed by atoms with E-state index >= 15 is 0 Å². The van der Waals surface area contributed by atoms with Crippen molar-refractivity contribution in [2.24, 2.45) is 0 Å². The van der Waals surface area contributed by atoms with Crippen molar-refractivity contribution >= 4 is 17.7 Å². The van der Waals surface area contributed by atoms with Gasteiger partial charge in [0.2, 0.25) is 0 Å². The zero-order chi connectivity index (χ0) is 13.0. The van der Waals surface area contributed by atoms with Crippen LogP contribution in [0.4, 0.5) is 0 Å². The van der Waals surface area contributed by atoms with Gasteiger partial charge in [0.05, 0.1) is 12.4 Å². The number of hydrogen-bond donors (Lipinski definition) is 1. The maximum atomic E-state index is 10.6. The first kappa shape index (κ1) is 12.6. The average molecular weight is 260 g/mol. The van der Waals surface area contributed by atoms with Gasteiger partial charge in [-0.2, -0.15) is 0 Å². The van der Waals surface area contributed by atoms with E-state index in [0.29, 0.717) is 0 Å². The van der Waals surface area contributed by atoms with Crippen molar-refractivity contribution in [1.82, 2.24) is 9.97 Å². The fourth-order valence-corrected chi connectivity index (χ4v) is 2.21. The summed E-state index contributed by atoms with van der Waals surface area (Å²) < 4.78 is 0. The standard InChI is InChI=1S/C13H12N2O2S/c1-9-3-2-4-10(5-9)8-18-12-7-14-11(6-15-12)13(16)17/h2-7H,8H2,1H3,(H,16,17). The normalized spacial score (nSPS) is 10.3. The van der Waals surface area contributed by atoms with Crippen LogP contribution in [0.1, 0.15) is 21.6 Å². The van der Waals surface area contributed by atoms with Crippen molar-refractivity contribution in [3.05, 3.63) is 53.5 Å². The van der Waals surface area contributed by atoms with Gasteiger partial charge >= 0.3 is 5.97 Å². The van der Waals surface area contributed by atoms with Gasteiger partial charge in [-0.05, 0) is 12.5 Å². The third kappa shape index (κ3) is 3.30. The van der Waals surface area contributed by atoms with E-state index in [1.54, 1.807) is 0 Å². The summed E-state index contributed by atoms with van der Waals surface area (Å²) in [6, 6.07) is 8.24. The smallest absolute Gasteiger partial charge is 0.356 e. The van der Waals surface area contributed by atoms with Crippen molar-refractivity contribution in [3.63, 3.8) is 0 Å². The fraction of sp³-hybridized carbons (Fsp3) is 0.154. The minimum atomic E-state index is -1.06. The SMILES string of the molecule is Cc1cccc(CSc2cnc(C(=O)O)cn2)c1. The van der Waals surface area contributed by atoms with Crippen LogP contribution in [0.2, 0.25) is 0 Å². The Bertz CT molecular complexity index is 555. The van der Waals surface area contributed by atoms with Crippen LogP contribution in [0, 0.1) is 6.92 Å². The van der Waals surface area contributed by atoms with Crippen LogP contribution in [0.15, 0.2) is 41.7 Å². The minimum Gasteiger partial charge on any atom is -0.476 e. The summed E-state index contributed by atoms with van der Waals surface area (Å²) in [6.07, 6.45) is 2.77. The van der Waals surface area contributed by atoms with E-state index in [2.05, 4.69) is 35.1 Å². The molecule has 2 aromatic rings. The van der Waals surface area contributed by atoms with E-state index in [0.717, 1.165) is 10.8 Å². The Morgan fingerprint density at radius 3 is 2.78 bits per heavy atom. The molecular formula is C13H12N2O2S. The molecule has 0 amide bonds. The number of rotatable bonds is 4. The molecule has 1 aromatic heterocycles. The molecule has 0 bridgehead atoms. The van der Waals surface area contributed by atoms with Crippen LogP contribution in [0.3, 0.4) is 0 Å². The molecule has 1 aromatic carbocycles. The quantitative estimate of drug-likeness (QED) is 0.856. The predicted octanol–water partition coefficient (Wildman–Crippen LogP) is 2.78. The van der Waals surface area contributed by atoms with Crippen LogP contribution in [-0.2, 0) is 5.75 Å². The number of nitrogens with zero attached hydrogens (tertiary/aromatic N) is 2. The first-order valence-corrected chi connectivity index (χ1v) is 6.37. The predicted molar refractivity (Wildman–Crippen MR) is 69.7 cm³/mol. The number of carbonyl (C=O) groups is 1. The summed E-state index contributed by atoms with van der Waals surface area (Å²) in [4.78, 5) is 18.5. The first-order chi connectivity index (χ1) is 8.65. The lowest BCUT2D eigenvalue weighted by atomic mass is 10.2. The molecule has 0 saturated carbocycles.